The van der Waals surface area contributed by atoms with Crippen molar-refractivity contribution in [2.75, 3.05) is 0 Å². The predicted molar refractivity (Wildman–Crippen MR) is 83.6 cm³/mol. The van der Waals surface area contributed by atoms with E-state index in [2.05, 4.69) is 9.82 Å². The van der Waals surface area contributed by atoms with E-state index in [1.807, 2.05) is 20.2 Å². The molecule has 116 valence electrons. The van der Waals surface area contributed by atoms with Gasteiger partial charge in [0, 0.05) is 41.7 Å². The Morgan fingerprint density at radius 2 is 2.19 bits per heavy atom. The van der Waals surface area contributed by atoms with E-state index in [1.165, 1.54) is 11.3 Å². The fraction of sp³-hybridized carbons (Fsp3) is 0.462. The van der Waals surface area contributed by atoms with E-state index >= 15 is 0 Å². The molecule has 2 aromatic rings. The van der Waals surface area contributed by atoms with Crippen LogP contribution in [0.2, 0.25) is 0 Å². The summed E-state index contributed by atoms with van der Waals surface area (Å²) < 4.78 is 29.1. The minimum Gasteiger partial charge on any atom is -0.326 e. The Bertz CT molecular complexity index is 731. The highest BCUT2D eigenvalue weighted by Gasteiger charge is 2.20. The van der Waals surface area contributed by atoms with Crippen molar-refractivity contribution in [3.05, 3.63) is 33.3 Å². The molecule has 0 aliphatic rings. The van der Waals surface area contributed by atoms with E-state index in [9.17, 15) is 8.42 Å². The number of hydrogen-bond donors (Lipinski definition) is 2. The minimum absolute atomic E-state index is 0.243. The van der Waals surface area contributed by atoms with E-state index in [0.717, 1.165) is 27.4 Å². The van der Waals surface area contributed by atoms with Gasteiger partial charge >= 0.3 is 0 Å². The largest absolute Gasteiger partial charge is 0.326 e. The lowest BCUT2D eigenvalue weighted by atomic mass is 10.2. The third-order valence-electron chi connectivity index (χ3n) is 3.19. The molecule has 0 saturated carbocycles. The van der Waals surface area contributed by atoms with Crippen molar-refractivity contribution in [3.8, 4) is 0 Å². The maximum absolute atomic E-state index is 12.4. The third kappa shape index (κ3) is 3.52. The summed E-state index contributed by atoms with van der Waals surface area (Å²) in [5, 5.41) is 4.30. The second-order valence-electron chi connectivity index (χ2n) is 4.79. The smallest absolute Gasteiger partial charge is 0.241 e. The number of sulfonamides is 1. The van der Waals surface area contributed by atoms with Crippen molar-refractivity contribution < 1.29 is 8.42 Å². The molecule has 0 bridgehead atoms. The number of aromatic nitrogens is 2. The van der Waals surface area contributed by atoms with Crippen LogP contribution in [0.5, 0.6) is 0 Å². The molecule has 0 aliphatic heterocycles. The molecule has 0 saturated heterocycles. The molecular formula is C13H20N4O2S2. The van der Waals surface area contributed by atoms with E-state index in [0.29, 0.717) is 11.4 Å². The number of nitrogens with zero attached hydrogens (tertiary/aromatic N) is 2. The van der Waals surface area contributed by atoms with Crippen LogP contribution in [0.15, 0.2) is 17.2 Å². The minimum atomic E-state index is -3.53. The molecule has 0 spiro atoms. The second-order valence-corrected chi connectivity index (χ2v) is 7.87. The first kappa shape index (κ1) is 16.2. The molecule has 6 nitrogen and oxygen atoms in total. The summed E-state index contributed by atoms with van der Waals surface area (Å²) in [5.41, 5.74) is 7.37. The molecular weight excluding hydrogens is 308 g/mol. The van der Waals surface area contributed by atoms with Crippen LogP contribution >= 0.6 is 11.3 Å². The Balaban J connectivity index is 2.19. The lowest BCUT2D eigenvalue weighted by molar-refractivity contribution is 0.581. The molecule has 0 aliphatic carbocycles. The molecule has 0 unspecified atom stereocenters. The Morgan fingerprint density at radius 3 is 2.76 bits per heavy atom. The van der Waals surface area contributed by atoms with Gasteiger partial charge in [0.15, 0.2) is 0 Å². The van der Waals surface area contributed by atoms with E-state index in [4.69, 9.17) is 5.73 Å². The van der Waals surface area contributed by atoms with Gasteiger partial charge in [-0.1, -0.05) is 6.92 Å². The van der Waals surface area contributed by atoms with Crippen LogP contribution in [-0.4, -0.2) is 18.2 Å². The highest BCUT2D eigenvalue weighted by atomic mass is 32.2. The van der Waals surface area contributed by atoms with Crippen molar-refractivity contribution in [2.24, 2.45) is 12.8 Å². The summed E-state index contributed by atoms with van der Waals surface area (Å²) in [6.07, 6.45) is 2.61. The number of nitrogens with one attached hydrogen (secondary N) is 1. The first-order chi connectivity index (χ1) is 9.87. The van der Waals surface area contributed by atoms with Crippen molar-refractivity contribution in [1.82, 2.24) is 14.5 Å². The van der Waals surface area contributed by atoms with Crippen molar-refractivity contribution in [1.29, 1.82) is 0 Å². The van der Waals surface area contributed by atoms with Crippen LogP contribution in [0.4, 0.5) is 0 Å². The molecule has 3 N–H and O–H groups in total. The van der Waals surface area contributed by atoms with Crippen LogP contribution in [-0.2, 0) is 36.6 Å². The molecule has 0 radical (unpaired) electrons. The Morgan fingerprint density at radius 1 is 1.48 bits per heavy atom. The molecule has 21 heavy (non-hydrogen) atoms. The molecule has 2 heterocycles. The molecule has 8 heteroatoms. The van der Waals surface area contributed by atoms with Gasteiger partial charge in [-0.25, -0.2) is 13.1 Å². The Kier molecular flexibility index (Phi) is 4.82. The fourth-order valence-corrected chi connectivity index (χ4v) is 4.69. The molecule has 0 aromatic carbocycles. The molecule has 0 atom stereocenters. The quantitative estimate of drug-likeness (QED) is 0.836. The van der Waals surface area contributed by atoms with Gasteiger partial charge in [0.05, 0.1) is 10.6 Å². The number of thiophene rings is 1. The van der Waals surface area contributed by atoms with E-state index < -0.39 is 10.0 Å². The average Bonchev–Trinajstić information content (AvgIpc) is 2.99. The molecule has 0 fully saturated rings. The molecule has 2 rings (SSSR count). The second kappa shape index (κ2) is 6.27. The summed E-state index contributed by atoms with van der Waals surface area (Å²) in [6, 6.07) is 1.65. The van der Waals surface area contributed by atoms with Crippen LogP contribution in [0.3, 0.4) is 0 Å². The zero-order valence-corrected chi connectivity index (χ0v) is 14.0. The lowest BCUT2D eigenvalue weighted by Crippen LogP contribution is -2.23. The average molecular weight is 328 g/mol. The summed E-state index contributed by atoms with van der Waals surface area (Å²) in [6.45, 7) is 4.38. The van der Waals surface area contributed by atoms with Gasteiger partial charge in [-0.15, -0.1) is 11.3 Å². The van der Waals surface area contributed by atoms with Crippen molar-refractivity contribution >= 4 is 21.4 Å². The topological polar surface area (TPSA) is 90.0 Å². The van der Waals surface area contributed by atoms with Gasteiger partial charge in [-0.05, 0) is 19.4 Å². The summed E-state index contributed by atoms with van der Waals surface area (Å²) in [7, 11) is -1.70. The number of nitrogens with two attached hydrogens (primary N) is 1. The number of rotatable bonds is 6. The SMILES string of the molecule is CCc1nn(C)cc1CNS(=O)(=O)c1cc(CN)sc1C. The standard InChI is InChI=1S/C13H20N4O2S2/c1-4-12-10(8-17(3)16-12)7-15-21(18,19)13-5-11(6-14)20-9(13)2/h5,8,15H,4,6-7,14H2,1-3H3. The van der Waals surface area contributed by atoms with E-state index in [-0.39, 0.29) is 6.54 Å². The van der Waals surface area contributed by atoms with Gasteiger partial charge in [0.2, 0.25) is 10.0 Å². The molecule has 0 amide bonds. The zero-order chi connectivity index (χ0) is 15.6. The highest BCUT2D eigenvalue weighted by molar-refractivity contribution is 7.89. The van der Waals surface area contributed by atoms with Gasteiger partial charge < -0.3 is 5.73 Å². The van der Waals surface area contributed by atoms with Crippen LogP contribution in [0.1, 0.15) is 27.9 Å². The third-order valence-corrected chi connectivity index (χ3v) is 5.92. The maximum Gasteiger partial charge on any atom is 0.241 e. The number of aryl methyl sites for hydroxylation is 3. The van der Waals surface area contributed by atoms with Crippen molar-refractivity contribution in [3.63, 3.8) is 0 Å². The zero-order valence-electron chi connectivity index (χ0n) is 12.4. The fourth-order valence-electron chi connectivity index (χ4n) is 2.17. The van der Waals surface area contributed by atoms with Crippen LogP contribution < -0.4 is 10.5 Å². The predicted octanol–water partition coefficient (Wildman–Crippen LogP) is 1.29. The molecule has 2 aromatic heterocycles. The highest BCUT2D eigenvalue weighted by Crippen LogP contribution is 2.25. The Labute approximate surface area is 129 Å². The Hall–Kier alpha value is -1.22. The van der Waals surface area contributed by atoms with Gasteiger partial charge in [0.1, 0.15) is 0 Å². The monoisotopic (exact) mass is 328 g/mol. The van der Waals surface area contributed by atoms with Crippen LogP contribution in [0.25, 0.3) is 0 Å². The van der Waals surface area contributed by atoms with Gasteiger partial charge in [-0.3, -0.25) is 4.68 Å². The van der Waals surface area contributed by atoms with E-state index in [1.54, 1.807) is 17.7 Å². The van der Waals surface area contributed by atoms with Gasteiger partial charge in [0.25, 0.3) is 0 Å². The normalized spacial score (nSPS) is 12.0. The summed E-state index contributed by atoms with van der Waals surface area (Å²) >= 11 is 1.41. The first-order valence-corrected chi connectivity index (χ1v) is 8.97. The van der Waals surface area contributed by atoms with Crippen molar-refractivity contribution in [2.45, 2.75) is 38.3 Å². The van der Waals surface area contributed by atoms with Crippen LogP contribution in [0, 0.1) is 6.92 Å². The van der Waals surface area contributed by atoms with Gasteiger partial charge in [-0.2, -0.15) is 5.10 Å². The number of hydrogen-bond acceptors (Lipinski definition) is 5. The maximum atomic E-state index is 12.4. The summed E-state index contributed by atoms with van der Waals surface area (Å²) in [5.74, 6) is 0. The first-order valence-electron chi connectivity index (χ1n) is 6.67. The lowest BCUT2D eigenvalue weighted by Gasteiger charge is -2.06. The summed E-state index contributed by atoms with van der Waals surface area (Å²) in [4.78, 5) is 1.93.